The maximum atomic E-state index is 12.5. The van der Waals surface area contributed by atoms with Gasteiger partial charge in [0.05, 0.1) is 18.8 Å². The molecule has 0 heterocycles. The molecule has 2 amide bonds. The summed E-state index contributed by atoms with van der Waals surface area (Å²) in [6.07, 6.45) is -5.42. The van der Waals surface area contributed by atoms with E-state index in [4.69, 9.17) is 4.74 Å². The van der Waals surface area contributed by atoms with Gasteiger partial charge in [-0.15, -0.1) is 0 Å². The van der Waals surface area contributed by atoms with Crippen LogP contribution < -0.4 is 15.4 Å². The number of halogens is 3. The minimum absolute atomic E-state index is 0.0904. The van der Waals surface area contributed by atoms with Crippen molar-refractivity contribution in [2.75, 3.05) is 19.0 Å². The number of anilines is 1. The number of hydrogen-bond donors (Lipinski definition) is 3. The quantitative estimate of drug-likeness (QED) is 0.769. The van der Waals surface area contributed by atoms with Gasteiger partial charge in [0, 0.05) is 17.8 Å². The van der Waals surface area contributed by atoms with Gasteiger partial charge in [0.1, 0.15) is 5.75 Å². The SMILES string of the molecule is COc1ccccc1C(O)CNC(=O)Nc1ccc(C(F)(F)F)cc1. The van der Waals surface area contributed by atoms with Crippen molar-refractivity contribution in [1.82, 2.24) is 5.32 Å². The number of carbonyl (C=O) groups is 1. The van der Waals surface area contributed by atoms with Crippen LogP contribution in [-0.2, 0) is 6.18 Å². The molecule has 0 fully saturated rings. The van der Waals surface area contributed by atoms with E-state index in [1.807, 2.05) is 0 Å². The van der Waals surface area contributed by atoms with Crippen LogP contribution in [0.15, 0.2) is 48.5 Å². The number of benzene rings is 2. The van der Waals surface area contributed by atoms with Gasteiger partial charge in [-0.1, -0.05) is 18.2 Å². The van der Waals surface area contributed by atoms with Gasteiger partial charge in [-0.05, 0) is 30.3 Å². The minimum Gasteiger partial charge on any atom is -0.496 e. The summed E-state index contributed by atoms with van der Waals surface area (Å²) in [5.74, 6) is 0.486. The summed E-state index contributed by atoms with van der Waals surface area (Å²) in [6, 6.07) is 10.2. The smallest absolute Gasteiger partial charge is 0.416 e. The summed E-state index contributed by atoms with van der Waals surface area (Å²) in [5, 5.41) is 15.0. The van der Waals surface area contributed by atoms with Crippen LogP contribution in [0.25, 0.3) is 0 Å². The highest BCUT2D eigenvalue weighted by Gasteiger charge is 2.30. The van der Waals surface area contributed by atoms with E-state index in [1.54, 1.807) is 24.3 Å². The first-order valence-electron chi connectivity index (χ1n) is 7.34. The average Bonchev–Trinajstić information content (AvgIpc) is 2.59. The number of nitrogens with one attached hydrogen (secondary N) is 2. The molecular weight excluding hydrogens is 337 g/mol. The number of urea groups is 1. The standard InChI is InChI=1S/C17H17F3N2O3/c1-25-15-5-3-2-4-13(15)14(23)10-21-16(24)22-12-8-6-11(7-9-12)17(18,19)20/h2-9,14,23H,10H2,1H3,(H2,21,22,24). The Morgan fingerprint density at radius 1 is 1.16 bits per heavy atom. The summed E-state index contributed by atoms with van der Waals surface area (Å²) in [7, 11) is 1.47. The lowest BCUT2D eigenvalue weighted by Gasteiger charge is -2.16. The van der Waals surface area contributed by atoms with E-state index in [0.29, 0.717) is 11.3 Å². The number of alkyl halides is 3. The van der Waals surface area contributed by atoms with E-state index in [1.165, 1.54) is 7.11 Å². The number of hydrogen-bond acceptors (Lipinski definition) is 3. The maximum Gasteiger partial charge on any atom is 0.416 e. The van der Waals surface area contributed by atoms with Crippen LogP contribution >= 0.6 is 0 Å². The number of amides is 2. The molecule has 0 aliphatic carbocycles. The van der Waals surface area contributed by atoms with E-state index >= 15 is 0 Å². The molecule has 2 aromatic carbocycles. The molecule has 25 heavy (non-hydrogen) atoms. The minimum atomic E-state index is -4.43. The van der Waals surface area contributed by atoms with E-state index < -0.39 is 23.9 Å². The highest BCUT2D eigenvalue weighted by atomic mass is 19.4. The van der Waals surface area contributed by atoms with Gasteiger partial charge in [-0.3, -0.25) is 0 Å². The monoisotopic (exact) mass is 354 g/mol. The van der Waals surface area contributed by atoms with Crippen molar-refractivity contribution in [1.29, 1.82) is 0 Å². The molecule has 1 atom stereocenters. The van der Waals surface area contributed by atoms with Gasteiger partial charge in [0.2, 0.25) is 0 Å². The van der Waals surface area contributed by atoms with Crippen molar-refractivity contribution < 1.29 is 27.8 Å². The molecule has 3 N–H and O–H groups in total. The zero-order valence-electron chi connectivity index (χ0n) is 13.3. The second-order valence-corrected chi connectivity index (χ2v) is 5.17. The van der Waals surface area contributed by atoms with Crippen LogP contribution in [0.3, 0.4) is 0 Å². The Morgan fingerprint density at radius 2 is 1.80 bits per heavy atom. The number of aliphatic hydroxyl groups is 1. The van der Waals surface area contributed by atoms with E-state index in [9.17, 15) is 23.1 Å². The Labute approximate surface area is 142 Å². The second kappa shape index (κ2) is 7.89. The van der Waals surface area contributed by atoms with E-state index in [0.717, 1.165) is 24.3 Å². The number of methoxy groups -OCH3 is 1. The Morgan fingerprint density at radius 3 is 2.40 bits per heavy atom. The van der Waals surface area contributed by atoms with Crippen molar-refractivity contribution in [3.05, 3.63) is 59.7 Å². The first-order chi connectivity index (χ1) is 11.8. The van der Waals surface area contributed by atoms with Crippen LogP contribution in [0.1, 0.15) is 17.2 Å². The van der Waals surface area contributed by atoms with Crippen molar-refractivity contribution in [3.8, 4) is 5.75 Å². The Kier molecular flexibility index (Phi) is 5.87. The average molecular weight is 354 g/mol. The third-order valence-electron chi connectivity index (χ3n) is 3.42. The summed E-state index contributed by atoms with van der Waals surface area (Å²) in [5.41, 5.74) is -0.0813. The summed E-state index contributed by atoms with van der Waals surface area (Å²) in [4.78, 5) is 11.8. The Bertz CT molecular complexity index is 718. The summed E-state index contributed by atoms with van der Waals surface area (Å²) >= 11 is 0. The summed E-state index contributed by atoms with van der Waals surface area (Å²) in [6.45, 7) is -0.0904. The first-order valence-corrected chi connectivity index (χ1v) is 7.34. The molecule has 0 bridgehead atoms. The van der Waals surface area contributed by atoms with Crippen molar-refractivity contribution in [2.24, 2.45) is 0 Å². The molecule has 0 radical (unpaired) electrons. The van der Waals surface area contributed by atoms with Gasteiger partial charge in [0.25, 0.3) is 0 Å². The number of para-hydroxylation sites is 1. The van der Waals surface area contributed by atoms with Crippen molar-refractivity contribution in [2.45, 2.75) is 12.3 Å². The number of carbonyl (C=O) groups excluding carboxylic acids is 1. The van der Waals surface area contributed by atoms with Crippen LogP contribution in [0, 0.1) is 0 Å². The molecule has 8 heteroatoms. The van der Waals surface area contributed by atoms with Crippen LogP contribution in [0.2, 0.25) is 0 Å². The molecule has 1 unspecified atom stereocenters. The molecule has 2 rings (SSSR count). The number of rotatable bonds is 5. The fourth-order valence-corrected chi connectivity index (χ4v) is 2.16. The molecule has 2 aromatic rings. The predicted molar refractivity (Wildman–Crippen MR) is 86.4 cm³/mol. The Balaban J connectivity index is 1.90. The van der Waals surface area contributed by atoms with Gasteiger partial charge in [-0.2, -0.15) is 13.2 Å². The third-order valence-corrected chi connectivity index (χ3v) is 3.42. The van der Waals surface area contributed by atoms with Crippen LogP contribution in [0.4, 0.5) is 23.7 Å². The lowest BCUT2D eigenvalue weighted by atomic mass is 10.1. The Hall–Kier alpha value is -2.74. The lowest BCUT2D eigenvalue weighted by Crippen LogP contribution is -2.32. The molecule has 134 valence electrons. The fourth-order valence-electron chi connectivity index (χ4n) is 2.16. The van der Waals surface area contributed by atoms with Gasteiger partial charge in [-0.25, -0.2) is 4.79 Å². The topological polar surface area (TPSA) is 70.6 Å². The van der Waals surface area contributed by atoms with Crippen LogP contribution in [0.5, 0.6) is 5.75 Å². The van der Waals surface area contributed by atoms with Crippen molar-refractivity contribution >= 4 is 11.7 Å². The largest absolute Gasteiger partial charge is 0.496 e. The molecule has 0 aliphatic rings. The zero-order chi connectivity index (χ0) is 18.4. The molecule has 0 saturated heterocycles. The van der Waals surface area contributed by atoms with Gasteiger partial charge >= 0.3 is 12.2 Å². The highest BCUT2D eigenvalue weighted by molar-refractivity contribution is 5.89. The third kappa shape index (κ3) is 5.12. The summed E-state index contributed by atoms with van der Waals surface area (Å²) < 4.78 is 42.6. The highest BCUT2D eigenvalue weighted by Crippen LogP contribution is 2.29. The van der Waals surface area contributed by atoms with Gasteiger partial charge < -0.3 is 20.5 Å². The van der Waals surface area contributed by atoms with Gasteiger partial charge in [0.15, 0.2) is 0 Å². The number of ether oxygens (including phenoxy) is 1. The molecular formula is C17H17F3N2O3. The van der Waals surface area contributed by atoms with E-state index in [-0.39, 0.29) is 12.2 Å². The molecule has 0 aromatic heterocycles. The van der Waals surface area contributed by atoms with E-state index in [2.05, 4.69) is 10.6 Å². The lowest BCUT2D eigenvalue weighted by molar-refractivity contribution is -0.137. The number of aliphatic hydroxyl groups excluding tert-OH is 1. The van der Waals surface area contributed by atoms with Crippen LogP contribution in [-0.4, -0.2) is 24.8 Å². The molecule has 0 saturated carbocycles. The van der Waals surface area contributed by atoms with Crippen molar-refractivity contribution in [3.63, 3.8) is 0 Å². The zero-order valence-corrected chi connectivity index (χ0v) is 13.3. The maximum absolute atomic E-state index is 12.5. The molecule has 0 aliphatic heterocycles. The molecule has 5 nitrogen and oxygen atoms in total. The normalized spacial score (nSPS) is 12.4. The second-order valence-electron chi connectivity index (χ2n) is 5.17. The predicted octanol–water partition coefficient (Wildman–Crippen LogP) is 3.57. The molecule has 0 spiro atoms. The first kappa shape index (κ1) is 18.6. The fraction of sp³-hybridized carbons (Fsp3) is 0.235.